The van der Waals surface area contributed by atoms with Gasteiger partial charge in [0, 0.05) is 12.0 Å². The van der Waals surface area contributed by atoms with Crippen LogP contribution in [0.15, 0.2) is 61.2 Å². The van der Waals surface area contributed by atoms with E-state index < -0.39 is 5.41 Å². The van der Waals surface area contributed by atoms with E-state index in [2.05, 4.69) is 6.58 Å². The average molecular weight is 273 g/mol. The number of allylic oxidation sites excluding steroid dienone is 1. The Labute approximate surface area is 117 Å². The van der Waals surface area contributed by atoms with Crippen LogP contribution in [0, 0.1) is 11.6 Å². The standard InChI is InChI=1S/C17H17F2N/c1-2-11-17(12-20,13-3-7-15(18)8-4-13)14-5-9-16(19)10-6-14/h2-10H,1,11-12,20H2. The van der Waals surface area contributed by atoms with Crippen molar-refractivity contribution in [2.75, 3.05) is 6.54 Å². The van der Waals surface area contributed by atoms with Gasteiger partial charge in [-0.15, -0.1) is 6.58 Å². The summed E-state index contributed by atoms with van der Waals surface area (Å²) in [4.78, 5) is 0. The van der Waals surface area contributed by atoms with Gasteiger partial charge in [-0.2, -0.15) is 0 Å². The largest absolute Gasteiger partial charge is 0.329 e. The molecule has 2 aromatic rings. The van der Waals surface area contributed by atoms with Crippen molar-refractivity contribution in [1.82, 2.24) is 0 Å². The minimum absolute atomic E-state index is 0.294. The summed E-state index contributed by atoms with van der Waals surface area (Å²) >= 11 is 0. The lowest BCUT2D eigenvalue weighted by Gasteiger charge is -2.33. The average Bonchev–Trinajstić information content (AvgIpc) is 2.47. The third-order valence-corrected chi connectivity index (χ3v) is 3.63. The van der Waals surface area contributed by atoms with Gasteiger partial charge in [-0.1, -0.05) is 30.3 Å². The van der Waals surface area contributed by atoms with Crippen molar-refractivity contribution in [3.63, 3.8) is 0 Å². The molecular weight excluding hydrogens is 256 g/mol. The molecule has 2 rings (SSSR count). The maximum atomic E-state index is 13.1. The molecule has 0 spiro atoms. The minimum Gasteiger partial charge on any atom is -0.329 e. The lowest BCUT2D eigenvalue weighted by Crippen LogP contribution is -2.36. The van der Waals surface area contributed by atoms with Crippen LogP contribution in [0.3, 0.4) is 0 Å². The van der Waals surface area contributed by atoms with Gasteiger partial charge in [0.1, 0.15) is 11.6 Å². The molecule has 1 nitrogen and oxygen atoms in total. The van der Waals surface area contributed by atoms with Crippen molar-refractivity contribution in [2.24, 2.45) is 5.73 Å². The molecule has 0 aliphatic carbocycles. The summed E-state index contributed by atoms with van der Waals surface area (Å²) in [5.41, 5.74) is 7.28. The molecule has 0 saturated carbocycles. The molecule has 2 aromatic carbocycles. The molecule has 0 aromatic heterocycles. The first kappa shape index (κ1) is 14.4. The molecular formula is C17H17F2N. The molecule has 0 atom stereocenters. The Morgan fingerprint density at radius 3 is 1.60 bits per heavy atom. The van der Waals surface area contributed by atoms with E-state index in [1.165, 1.54) is 24.3 Å². The highest BCUT2D eigenvalue weighted by Gasteiger charge is 2.31. The summed E-state index contributed by atoms with van der Waals surface area (Å²) in [6.07, 6.45) is 2.38. The van der Waals surface area contributed by atoms with Crippen LogP contribution in [0.2, 0.25) is 0 Å². The second kappa shape index (κ2) is 5.97. The van der Waals surface area contributed by atoms with Crippen LogP contribution >= 0.6 is 0 Å². The number of hydrogen-bond donors (Lipinski definition) is 1. The molecule has 104 valence electrons. The van der Waals surface area contributed by atoms with Gasteiger partial charge < -0.3 is 5.73 Å². The first-order valence-electron chi connectivity index (χ1n) is 6.45. The van der Waals surface area contributed by atoms with Gasteiger partial charge in [-0.05, 0) is 41.8 Å². The maximum absolute atomic E-state index is 13.1. The SMILES string of the molecule is C=CCC(CN)(c1ccc(F)cc1)c1ccc(F)cc1. The predicted molar refractivity (Wildman–Crippen MR) is 77.4 cm³/mol. The number of halogens is 2. The van der Waals surface area contributed by atoms with E-state index in [1.54, 1.807) is 30.3 Å². The van der Waals surface area contributed by atoms with Crippen molar-refractivity contribution in [1.29, 1.82) is 0 Å². The molecule has 0 aliphatic rings. The summed E-state index contributed by atoms with van der Waals surface area (Å²) in [6.45, 7) is 4.11. The molecule has 20 heavy (non-hydrogen) atoms. The quantitative estimate of drug-likeness (QED) is 0.824. The van der Waals surface area contributed by atoms with Gasteiger partial charge in [0.2, 0.25) is 0 Å². The third-order valence-electron chi connectivity index (χ3n) is 3.63. The van der Waals surface area contributed by atoms with E-state index in [0.29, 0.717) is 13.0 Å². The Bertz CT molecular complexity index is 527. The third kappa shape index (κ3) is 2.63. The van der Waals surface area contributed by atoms with E-state index >= 15 is 0 Å². The second-order valence-corrected chi connectivity index (χ2v) is 4.79. The highest BCUT2D eigenvalue weighted by Crippen LogP contribution is 2.35. The minimum atomic E-state index is -0.511. The Morgan fingerprint density at radius 1 is 0.900 bits per heavy atom. The normalized spacial score (nSPS) is 11.3. The molecule has 0 amide bonds. The first-order chi connectivity index (χ1) is 9.62. The zero-order chi connectivity index (χ0) is 14.6. The van der Waals surface area contributed by atoms with Crippen LogP contribution in [-0.2, 0) is 5.41 Å². The van der Waals surface area contributed by atoms with E-state index in [9.17, 15) is 8.78 Å². The second-order valence-electron chi connectivity index (χ2n) is 4.79. The van der Waals surface area contributed by atoms with Crippen molar-refractivity contribution >= 4 is 0 Å². The highest BCUT2D eigenvalue weighted by molar-refractivity contribution is 5.41. The topological polar surface area (TPSA) is 26.0 Å². The molecule has 3 heteroatoms. The Morgan fingerprint density at radius 2 is 1.30 bits per heavy atom. The van der Waals surface area contributed by atoms with Gasteiger partial charge in [0.15, 0.2) is 0 Å². The molecule has 0 saturated heterocycles. The summed E-state index contributed by atoms with van der Waals surface area (Å²) in [7, 11) is 0. The highest BCUT2D eigenvalue weighted by atomic mass is 19.1. The number of nitrogens with two attached hydrogens (primary N) is 1. The fraction of sp³-hybridized carbons (Fsp3) is 0.176. The fourth-order valence-corrected chi connectivity index (χ4v) is 2.51. The predicted octanol–water partition coefficient (Wildman–Crippen LogP) is 3.79. The molecule has 2 N–H and O–H groups in total. The van der Waals surface area contributed by atoms with Crippen molar-refractivity contribution < 1.29 is 8.78 Å². The molecule has 0 bridgehead atoms. The van der Waals surface area contributed by atoms with E-state index in [0.717, 1.165) is 11.1 Å². The zero-order valence-electron chi connectivity index (χ0n) is 11.2. The molecule has 0 unspecified atom stereocenters. The van der Waals surface area contributed by atoms with Gasteiger partial charge in [-0.25, -0.2) is 8.78 Å². The Balaban J connectivity index is 2.57. The van der Waals surface area contributed by atoms with Crippen LogP contribution < -0.4 is 5.73 Å². The molecule has 0 aliphatic heterocycles. The van der Waals surface area contributed by atoms with Gasteiger partial charge in [0.05, 0.1) is 0 Å². The van der Waals surface area contributed by atoms with Gasteiger partial charge in [-0.3, -0.25) is 0 Å². The van der Waals surface area contributed by atoms with Crippen molar-refractivity contribution in [3.05, 3.63) is 83.9 Å². The molecule has 0 fully saturated rings. The lowest BCUT2D eigenvalue weighted by atomic mass is 9.72. The van der Waals surface area contributed by atoms with E-state index in [4.69, 9.17) is 5.73 Å². The van der Waals surface area contributed by atoms with Crippen LogP contribution in [0.5, 0.6) is 0 Å². The van der Waals surface area contributed by atoms with Crippen LogP contribution in [0.25, 0.3) is 0 Å². The fourth-order valence-electron chi connectivity index (χ4n) is 2.51. The number of benzene rings is 2. The van der Waals surface area contributed by atoms with Crippen LogP contribution in [0.1, 0.15) is 17.5 Å². The summed E-state index contributed by atoms with van der Waals surface area (Å²) in [5, 5.41) is 0. The van der Waals surface area contributed by atoms with Gasteiger partial charge in [0.25, 0.3) is 0 Å². The summed E-state index contributed by atoms with van der Waals surface area (Å²) < 4.78 is 26.2. The maximum Gasteiger partial charge on any atom is 0.123 e. The van der Waals surface area contributed by atoms with Crippen LogP contribution in [0.4, 0.5) is 8.78 Å². The monoisotopic (exact) mass is 273 g/mol. The number of rotatable bonds is 5. The van der Waals surface area contributed by atoms with Gasteiger partial charge >= 0.3 is 0 Å². The Kier molecular flexibility index (Phi) is 4.30. The summed E-state index contributed by atoms with van der Waals surface area (Å²) in [6, 6.07) is 12.5. The molecule has 0 radical (unpaired) electrons. The summed E-state index contributed by atoms with van der Waals surface area (Å²) in [5.74, 6) is -0.588. The van der Waals surface area contributed by atoms with Crippen molar-refractivity contribution in [3.8, 4) is 0 Å². The molecule has 0 heterocycles. The van der Waals surface area contributed by atoms with Crippen molar-refractivity contribution in [2.45, 2.75) is 11.8 Å². The van der Waals surface area contributed by atoms with E-state index in [1.807, 2.05) is 0 Å². The Hall–Kier alpha value is -2.00. The smallest absolute Gasteiger partial charge is 0.123 e. The first-order valence-corrected chi connectivity index (χ1v) is 6.45. The van der Waals surface area contributed by atoms with E-state index in [-0.39, 0.29) is 11.6 Å². The lowest BCUT2D eigenvalue weighted by molar-refractivity contribution is 0.528. The zero-order valence-corrected chi connectivity index (χ0v) is 11.2. The number of hydrogen-bond acceptors (Lipinski definition) is 1. The van der Waals surface area contributed by atoms with Crippen LogP contribution in [-0.4, -0.2) is 6.54 Å².